The van der Waals surface area contributed by atoms with Gasteiger partial charge in [0.25, 0.3) is 0 Å². The summed E-state index contributed by atoms with van der Waals surface area (Å²) in [5, 5.41) is 11.5. The Hall–Kier alpha value is -1.66. The van der Waals surface area contributed by atoms with Crippen LogP contribution in [0.4, 0.5) is 0 Å². The average Bonchev–Trinajstić information content (AvgIpc) is 2.48. The monoisotopic (exact) mass is 298 g/mol. The Morgan fingerprint density at radius 1 is 1.10 bits per heavy atom. The molecule has 0 aliphatic carbocycles. The summed E-state index contributed by atoms with van der Waals surface area (Å²) in [4.78, 5) is 21.4. The molecule has 6 nitrogen and oxygen atoms in total. The molecule has 0 aliphatic heterocycles. The van der Waals surface area contributed by atoms with Crippen LogP contribution in [0.5, 0.6) is 0 Å². The zero-order valence-electron chi connectivity index (χ0n) is 13.6. The van der Waals surface area contributed by atoms with E-state index >= 15 is 0 Å². The van der Waals surface area contributed by atoms with Crippen LogP contribution in [0, 0.1) is 0 Å². The molecule has 0 spiro atoms. The molecule has 2 amide bonds. The fraction of sp³-hybridized carbons (Fsp3) is 0.600. The van der Waals surface area contributed by atoms with E-state index in [1.807, 2.05) is 14.0 Å². The van der Waals surface area contributed by atoms with E-state index in [4.69, 9.17) is 0 Å². The highest BCUT2D eigenvalue weighted by Crippen LogP contribution is 1.84. The number of hydrogen-bond acceptors (Lipinski definition) is 4. The maximum atomic E-state index is 10.9. The molecule has 0 unspecified atom stereocenters. The lowest BCUT2D eigenvalue weighted by Crippen LogP contribution is -2.30. The molecule has 21 heavy (non-hydrogen) atoms. The highest BCUT2D eigenvalue weighted by Gasteiger charge is 1.98. The summed E-state index contributed by atoms with van der Waals surface area (Å²) in [6, 6.07) is 0. The van der Waals surface area contributed by atoms with E-state index in [2.05, 4.69) is 34.4 Å². The molecule has 6 heteroatoms. The molecule has 0 rings (SSSR count). The molecule has 0 aromatic carbocycles. The highest BCUT2D eigenvalue weighted by molar-refractivity contribution is 5.92. The van der Waals surface area contributed by atoms with Crippen LogP contribution >= 0.6 is 0 Å². The van der Waals surface area contributed by atoms with Crippen molar-refractivity contribution in [3.63, 3.8) is 0 Å². The van der Waals surface area contributed by atoms with Crippen LogP contribution in [0.15, 0.2) is 24.8 Å². The van der Waals surface area contributed by atoms with Crippen LogP contribution in [0.25, 0.3) is 0 Å². The Labute approximate surface area is 128 Å². The van der Waals surface area contributed by atoms with E-state index in [9.17, 15) is 9.59 Å². The molecule has 0 saturated carbocycles. The fourth-order valence-corrected chi connectivity index (χ4v) is 1.14. The molecule has 0 aliphatic rings. The number of nitrogens with one attached hydrogen (secondary N) is 4. The molecule has 0 aromatic rings. The molecule has 122 valence electrons. The van der Waals surface area contributed by atoms with Crippen molar-refractivity contribution in [2.45, 2.75) is 20.3 Å². The lowest BCUT2D eigenvalue weighted by Gasteiger charge is -2.03. The number of likely N-dealkylation sites (N-methyl/N-ethyl adjacent to an activating group) is 1. The van der Waals surface area contributed by atoms with Gasteiger partial charge in [-0.15, -0.1) is 0 Å². The first kappa shape index (κ1) is 21.6. The standard InChI is InChI=1S/C8H16N2O.C7H14N2O/c1-7(2)8(11)10-6-4-5-9-3;1-3-7(10)9-6-5-8-4-2/h9H,1,4-6H2,2-3H3,(H,10,11);3,8H,1,4-6H2,2H3,(H,9,10). The van der Waals surface area contributed by atoms with Gasteiger partial charge < -0.3 is 21.3 Å². The van der Waals surface area contributed by atoms with Gasteiger partial charge in [-0.2, -0.15) is 0 Å². The topological polar surface area (TPSA) is 82.3 Å². The third-order valence-corrected chi connectivity index (χ3v) is 2.31. The van der Waals surface area contributed by atoms with Crippen LogP contribution in [-0.4, -0.2) is 51.6 Å². The molecule has 0 saturated heterocycles. The molecule has 0 atom stereocenters. The minimum atomic E-state index is -0.113. The minimum absolute atomic E-state index is 0.0545. The summed E-state index contributed by atoms with van der Waals surface area (Å²) in [7, 11) is 1.89. The van der Waals surface area contributed by atoms with Crippen molar-refractivity contribution >= 4 is 11.8 Å². The first-order chi connectivity index (χ1) is 9.99. The predicted molar refractivity (Wildman–Crippen MR) is 88.1 cm³/mol. The van der Waals surface area contributed by atoms with Crippen LogP contribution in [0.2, 0.25) is 0 Å². The summed E-state index contributed by atoms with van der Waals surface area (Å²) in [6.45, 7) is 14.6. The lowest BCUT2D eigenvalue weighted by atomic mass is 10.3. The normalized spacial score (nSPS) is 9.10. The smallest absolute Gasteiger partial charge is 0.246 e. The highest BCUT2D eigenvalue weighted by atomic mass is 16.2. The Morgan fingerprint density at radius 2 is 1.76 bits per heavy atom. The van der Waals surface area contributed by atoms with E-state index in [1.165, 1.54) is 6.08 Å². The van der Waals surface area contributed by atoms with E-state index in [0.717, 1.165) is 26.1 Å². The van der Waals surface area contributed by atoms with Crippen molar-refractivity contribution in [3.05, 3.63) is 24.8 Å². The van der Waals surface area contributed by atoms with E-state index in [0.29, 0.717) is 18.7 Å². The minimum Gasteiger partial charge on any atom is -0.352 e. The number of amides is 2. The van der Waals surface area contributed by atoms with Crippen molar-refractivity contribution < 1.29 is 9.59 Å². The van der Waals surface area contributed by atoms with Gasteiger partial charge in [0.15, 0.2) is 0 Å². The number of carbonyl (C=O) groups is 2. The van der Waals surface area contributed by atoms with Crippen molar-refractivity contribution in [1.29, 1.82) is 0 Å². The summed E-state index contributed by atoms with van der Waals surface area (Å²) in [5.41, 5.74) is 0.564. The van der Waals surface area contributed by atoms with Crippen LogP contribution in [0.1, 0.15) is 20.3 Å². The Kier molecular flexibility index (Phi) is 16.9. The molecule has 0 radical (unpaired) electrons. The summed E-state index contributed by atoms with van der Waals surface area (Å²) in [6.07, 6.45) is 2.22. The number of rotatable bonds is 10. The second-order valence-electron chi connectivity index (χ2n) is 4.34. The van der Waals surface area contributed by atoms with Gasteiger partial charge in [-0.05, 0) is 39.6 Å². The first-order valence-electron chi connectivity index (χ1n) is 7.18. The first-order valence-corrected chi connectivity index (χ1v) is 7.18. The van der Waals surface area contributed by atoms with E-state index in [1.54, 1.807) is 6.92 Å². The molecule has 4 N–H and O–H groups in total. The van der Waals surface area contributed by atoms with E-state index < -0.39 is 0 Å². The van der Waals surface area contributed by atoms with Gasteiger partial charge in [0.2, 0.25) is 11.8 Å². The second-order valence-corrected chi connectivity index (χ2v) is 4.34. The summed E-state index contributed by atoms with van der Waals surface area (Å²) in [5.74, 6) is -0.168. The SMILES string of the molecule is C=C(C)C(=O)NCCCNC.C=CC(=O)NCCNCC. The van der Waals surface area contributed by atoms with Crippen molar-refractivity contribution in [3.8, 4) is 0 Å². The third kappa shape index (κ3) is 18.3. The van der Waals surface area contributed by atoms with Crippen LogP contribution < -0.4 is 21.3 Å². The van der Waals surface area contributed by atoms with Gasteiger partial charge in [0.1, 0.15) is 0 Å². The Balaban J connectivity index is 0. The fourth-order valence-electron chi connectivity index (χ4n) is 1.14. The van der Waals surface area contributed by atoms with Crippen molar-refractivity contribution in [2.75, 3.05) is 39.8 Å². The molecule has 0 aromatic heterocycles. The van der Waals surface area contributed by atoms with Gasteiger partial charge in [-0.25, -0.2) is 0 Å². The number of hydrogen-bond donors (Lipinski definition) is 4. The quantitative estimate of drug-likeness (QED) is 0.343. The Bertz CT molecular complexity index is 317. The second kappa shape index (κ2) is 16.4. The molecule has 0 bridgehead atoms. The molecular formula is C15H30N4O2. The molecular weight excluding hydrogens is 268 g/mol. The summed E-state index contributed by atoms with van der Waals surface area (Å²) >= 11 is 0. The van der Waals surface area contributed by atoms with Gasteiger partial charge in [-0.3, -0.25) is 9.59 Å². The predicted octanol–water partition coefficient (Wildman–Crippen LogP) is 0.186. The van der Waals surface area contributed by atoms with Gasteiger partial charge in [0.05, 0.1) is 0 Å². The third-order valence-electron chi connectivity index (χ3n) is 2.31. The largest absolute Gasteiger partial charge is 0.352 e. The van der Waals surface area contributed by atoms with Crippen molar-refractivity contribution in [2.24, 2.45) is 0 Å². The maximum absolute atomic E-state index is 10.9. The van der Waals surface area contributed by atoms with Gasteiger partial charge in [0, 0.05) is 25.2 Å². The maximum Gasteiger partial charge on any atom is 0.246 e. The summed E-state index contributed by atoms with van der Waals surface area (Å²) < 4.78 is 0. The van der Waals surface area contributed by atoms with E-state index in [-0.39, 0.29) is 11.8 Å². The number of carbonyl (C=O) groups excluding carboxylic acids is 2. The zero-order chi connectivity index (χ0) is 16.5. The van der Waals surface area contributed by atoms with Crippen molar-refractivity contribution in [1.82, 2.24) is 21.3 Å². The van der Waals surface area contributed by atoms with Gasteiger partial charge >= 0.3 is 0 Å². The zero-order valence-corrected chi connectivity index (χ0v) is 13.6. The Morgan fingerprint density at radius 3 is 2.24 bits per heavy atom. The molecule has 0 heterocycles. The lowest BCUT2D eigenvalue weighted by molar-refractivity contribution is -0.117. The van der Waals surface area contributed by atoms with Crippen LogP contribution in [0.3, 0.4) is 0 Å². The average molecular weight is 298 g/mol. The van der Waals surface area contributed by atoms with Gasteiger partial charge in [-0.1, -0.05) is 20.1 Å². The van der Waals surface area contributed by atoms with Crippen LogP contribution in [-0.2, 0) is 9.59 Å². The molecule has 0 fully saturated rings.